The van der Waals surface area contributed by atoms with Gasteiger partial charge >= 0.3 is 0 Å². The van der Waals surface area contributed by atoms with Crippen LogP contribution >= 0.6 is 11.5 Å². The van der Waals surface area contributed by atoms with Crippen LogP contribution in [-0.2, 0) is 0 Å². The van der Waals surface area contributed by atoms with Crippen LogP contribution in [0.3, 0.4) is 0 Å². The molecule has 1 aromatic heterocycles. The monoisotopic (exact) mass is 157 g/mol. The van der Waals surface area contributed by atoms with Crippen molar-refractivity contribution in [3.8, 4) is 0 Å². The smallest absolute Gasteiger partial charge is 0.0924 e. The van der Waals surface area contributed by atoms with E-state index in [1.165, 1.54) is 11.5 Å². The van der Waals surface area contributed by atoms with E-state index < -0.39 is 0 Å². The molecule has 10 heavy (non-hydrogen) atoms. The molecule has 0 radical (unpaired) electrons. The molecule has 1 aromatic rings. The van der Waals surface area contributed by atoms with Crippen LogP contribution in [0.1, 0.15) is 25.1 Å². The minimum atomic E-state index is 0.374. The quantitative estimate of drug-likeness (QED) is 0.716. The number of nitrogens with zero attached hydrogens (tertiary/aromatic N) is 2. The summed E-state index contributed by atoms with van der Waals surface area (Å²) in [5.74, 6) is 0. The van der Waals surface area contributed by atoms with E-state index in [4.69, 9.17) is 0 Å². The predicted molar refractivity (Wildman–Crippen MR) is 42.0 cm³/mol. The average Bonchev–Trinajstić information content (AvgIpc) is 2.43. The van der Waals surface area contributed by atoms with Crippen molar-refractivity contribution in [1.82, 2.24) is 14.9 Å². The van der Waals surface area contributed by atoms with E-state index in [0.29, 0.717) is 6.04 Å². The first-order valence-electron chi connectivity index (χ1n) is 3.32. The van der Waals surface area contributed by atoms with Crippen LogP contribution in [-0.4, -0.2) is 16.6 Å². The van der Waals surface area contributed by atoms with E-state index in [-0.39, 0.29) is 0 Å². The summed E-state index contributed by atoms with van der Waals surface area (Å²) < 4.78 is 3.79. The molecule has 0 aliphatic rings. The summed E-state index contributed by atoms with van der Waals surface area (Å²) in [7, 11) is 1.94. The third-order valence-corrected chi connectivity index (χ3v) is 2.01. The van der Waals surface area contributed by atoms with Crippen molar-refractivity contribution in [3.05, 3.63) is 11.1 Å². The van der Waals surface area contributed by atoms with Crippen molar-refractivity contribution >= 4 is 11.5 Å². The Labute approximate surface area is 64.6 Å². The number of aromatic nitrogens is 2. The molecule has 0 spiro atoms. The fourth-order valence-electron chi connectivity index (χ4n) is 0.885. The van der Waals surface area contributed by atoms with Gasteiger partial charge in [0, 0.05) is 5.38 Å². The van der Waals surface area contributed by atoms with Crippen molar-refractivity contribution < 1.29 is 0 Å². The molecule has 0 aliphatic heterocycles. The van der Waals surface area contributed by atoms with E-state index in [1.807, 2.05) is 12.4 Å². The molecule has 0 amide bonds. The fraction of sp³-hybridized carbons (Fsp3) is 0.667. The van der Waals surface area contributed by atoms with Crippen molar-refractivity contribution in [3.63, 3.8) is 0 Å². The zero-order valence-corrected chi connectivity index (χ0v) is 6.98. The summed E-state index contributed by atoms with van der Waals surface area (Å²) in [6.07, 6.45) is 1.06. The van der Waals surface area contributed by atoms with E-state index >= 15 is 0 Å². The van der Waals surface area contributed by atoms with E-state index in [9.17, 15) is 0 Å². The molecule has 0 fully saturated rings. The highest BCUT2D eigenvalue weighted by atomic mass is 32.1. The summed E-state index contributed by atoms with van der Waals surface area (Å²) in [6.45, 7) is 2.13. The molecule has 56 valence electrons. The molecule has 0 saturated carbocycles. The molecule has 1 rings (SSSR count). The van der Waals surface area contributed by atoms with Crippen molar-refractivity contribution in [2.24, 2.45) is 0 Å². The lowest BCUT2D eigenvalue weighted by molar-refractivity contribution is 0.560. The van der Waals surface area contributed by atoms with Gasteiger partial charge < -0.3 is 5.32 Å². The van der Waals surface area contributed by atoms with Gasteiger partial charge in [0.25, 0.3) is 0 Å². The Morgan fingerprint density at radius 1 is 1.80 bits per heavy atom. The second-order valence-corrected chi connectivity index (χ2v) is 2.69. The Kier molecular flexibility index (Phi) is 2.77. The zero-order chi connectivity index (χ0) is 7.40. The van der Waals surface area contributed by atoms with Crippen LogP contribution in [0, 0.1) is 0 Å². The summed E-state index contributed by atoms with van der Waals surface area (Å²) in [6, 6.07) is 0.374. The summed E-state index contributed by atoms with van der Waals surface area (Å²) >= 11 is 1.40. The molecule has 0 aliphatic carbocycles. The highest BCUT2D eigenvalue weighted by Crippen LogP contribution is 2.12. The fourth-order valence-corrected chi connectivity index (χ4v) is 1.39. The van der Waals surface area contributed by atoms with Crippen LogP contribution in [0.25, 0.3) is 0 Å². The lowest BCUT2D eigenvalue weighted by atomic mass is 10.2. The Morgan fingerprint density at radius 3 is 3.00 bits per heavy atom. The second kappa shape index (κ2) is 3.63. The van der Waals surface area contributed by atoms with Gasteiger partial charge in [-0.05, 0) is 25.0 Å². The van der Waals surface area contributed by atoms with Crippen LogP contribution in [0.5, 0.6) is 0 Å². The van der Waals surface area contributed by atoms with Crippen molar-refractivity contribution in [1.29, 1.82) is 0 Å². The number of nitrogens with one attached hydrogen (secondary N) is 1. The summed E-state index contributed by atoms with van der Waals surface area (Å²) in [4.78, 5) is 0. The third-order valence-electron chi connectivity index (χ3n) is 1.49. The minimum absolute atomic E-state index is 0.374. The topological polar surface area (TPSA) is 37.8 Å². The van der Waals surface area contributed by atoms with Gasteiger partial charge in [-0.2, -0.15) is 0 Å². The third kappa shape index (κ3) is 1.52. The first-order chi connectivity index (χ1) is 4.88. The van der Waals surface area contributed by atoms with Crippen LogP contribution < -0.4 is 5.32 Å². The van der Waals surface area contributed by atoms with Gasteiger partial charge in [0.05, 0.1) is 11.7 Å². The largest absolute Gasteiger partial charge is 0.312 e. The molecule has 4 heteroatoms. The molecule has 1 atom stereocenters. The maximum Gasteiger partial charge on any atom is 0.0924 e. The molecular formula is C6H11N3S. The standard InChI is InChI=1S/C6H11N3S/c1-3-5(7-2)6-4-10-9-8-6/h4-5,7H,3H2,1-2H3. The molecule has 0 bridgehead atoms. The van der Waals surface area contributed by atoms with Gasteiger partial charge in [-0.1, -0.05) is 11.4 Å². The highest BCUT2D eigenvalue weighted by Gasteiger charge is 2.07. The maximum absolute atomic E-state index is 3.96. The normalized spacial score (nSPS) is 13.4. The lowest BCUT2D eigenvalue weighted by Gasteiger charge is -2.08. The molecule has 1 unspecified atom stereocenters. The van der Waals surface area contributed by atoms with E-state index in [1.54, 1.807) is 0 Å². The Balaban J connectivity index is 2.64. The first-order valence-corrected chi connectivity index (χ1v) is 4.16. The van der Waals surface area contributed by atoms with Gasteiger partial charge in [0.1, 0.15) is 0 Å². The summed E-state index contributed by atoms with van der Waals surface area (Å²) in [5, 5.41) is 9.10. The van der Waals surface area contributed by atoms with E-state index in [0.717, 1.165) is 12.1 Å². The minimum Gasteiger partial charge on any atom is -0.312 e. The van der Waals surface area contributed by atoms with Gasteiger partial charge in [0.15, 0.2) is 0 Å². The summed E-state index contributed by atoms with van der Waals surface area (Å²) in [5.41, 5.74) is 1.05. The van der Waals surface area contributed by atoms with Crippen LogP contribution in [0.15, 0.2) is 5.38 Å². The Morgan fingerprint density at radius 2 is 2.60 bits per heavy atom. The van der Waals surface area contributed by atoms with Gasteiger partial charge in [-0.3, -0.25) is 0 Å². The molecule has 1 N–H and O–H groups in total. The molecule has 3 nitrogen and oxygen atoms in total. The maximum atomic E-state index is 3.96. The Hall–Kier alpha value is -0.480. The SMILES string of the molecule is CCC(NC)c1csnn1. The zero-order valence-electron chi connectivity index (χ0n) is 6.16. The van der Waals surface area contributed by atoms with Crippen molar-refractivity contribution in [2.45, 2.75) is 19.4 Å². The van der Waals surface area contributed by atoms with Crippen molar-refractivity contribution in [2.75, 3.05) is 7.05 Å². The number of hydrogen-bond donors (Lipinski definition) is 1. The molecule has 0 aromatic carbocycles. The Bertz CT molecular complexity index is 169. The van der Waals surface area contributed by atoms with Gasteiger partial charge in [-0.15, -0.1) is 5.10 Å². The number of rotatable bonds is 3. The van der Waals surface area contributed by atoms with Gasteiger partial charge in [0.2, 0.25) is 0 Å². The molecule has 0 saturated heterocycles. The predicted octanol–water partition coefficient (Wildman–Crippen LogP) is 1.21. The second-order valence-electron chi connectivity index (χ2n) is 2.08. The highest BCUT2D eigenvalue weighted by molar-refractivity contribution is 7.03. The molecule has 1 heterocycles. The first kappa shape index (κ1) is 7.63. The van der Waals surface area contributed by atoms with Crippen LogP contribution in [0.4, 0.5) is 0 Å². The molecular weight excluding hydrogens is 146 g/mol. The number of hydrogen-bond acceptors (Lipinski definition) is 4. The van der Waals surface area contributed by atoms with Crippen LogP contribution in [0.2, 0.25) is 0 Å². The average molecular weight is 157 g/mol. The van der Waals surface area contributed by atoms with E-state index in [2.05, 4.69) is 21.8 Å². The lowest BCUT2D eigenvalue weighted by Crippen LogP contribution is -2.15. The van der Waals surface area contributed by atoms with Gasteiger partial charge in [-0.25, -0.2) is 0 Å².